The fraction of sp³-hybridized carbons (Fsp3) is 0.923. The highest BCUT2D eigenvalue weighted by Crippen LogP contribution is 2.15. The molecule has 1 unspecified atom stereocenters. The van der Waals surface area contributed by atoms with Gasteiger partial charge in [0.2, 0.25) is 0 Å². The van der Waals surface area contributed by atoms with Gasteiger partial charge in [0.1, 0.15) is 5.60 Å². The summed E-state index contributed by atoms with van der Waals surface area (Å²) in [5.41, 5.74) is -0.409. The Labute approximate surface area is 109 Å². The molecule has 0 aromatic rings. The van der Waals surface area contributed by atoms with Crippen LogP contribution in [0.4, 0.5) is 4.79 Å². The molecule has 1 atom stereocenters. The summed E-state index contributed by atoms with van der Waals surface area (Å²) in [4.78, 5) is 16.5. The molecule has 2 heterocycles. The van der Waals surface area contributed by atoms with Crippen molar-refractivity contribution >= 4 is 6.09 Å². The maximum absolute atomic E-state index is 12.1. The zero-order valence-electron chi connectivity index (χ0n) is 11.7. The summed E-state index contributed by atoms with van der Waals surface area (Å²) in [7, 11) is 0. The van der Waals surface area contributed by atoms with E-state index < -0.39 is 5.60 Å². The van der Waals surface area contributed by atoms with E-state index in [1.165, 1.54) is 0 Å². The van der Waals surface area contributed by atoms with Crippen LogP contribution in [0.25, 0.3) is 0 Å². The van der Waals surface area contributed by atoms with Crippen molar-refractivity contribution in [1.29, 1.82) is 0 Å². The van der Waals surface area contributed by atoms with Crippen molar-refractivity contribution in [2.45, 2.75) is 38.8 Å². The first-order valence-electron chi connectivity index (χ1n) is 6.88. The number of hydrogen-bond acceptors (Lipinski definition) is 4. The first kappa shape index (κ1) is 13.6. The Balaban J connectivity index is 1.95. The summed E-state index contributed by atoms with van der Waals surface area (Å²) in [6.07, 6.45) is 0.866. The molecule has 2 rings (SSSR count). The SMILES string of the molecule is CC(C)(C)OC(=O)N1CCCN2CCNCC2C1. The van der Waals surface area contributed by atoms with Gasteiger partial charge in [-0.25, -0.2) is 4.79 Å². The molecule has 2 aliphatic heterocycles. The van der Waals surface area contributed by atoms with Gasteiger partial charge in [0.15, 0.2) is 0 Å². The van der Waals surface area contributed by atoms with Crippen LogP contribution in [0.5, 0.6) is 0 Å². The van der Waals surface area contributed by atoms with Crippen molar-refractivity contribution in [3.05, 3.63) is 0 Å². The molecule has 0 spiro atoms. The maximum Gasteiger partial charge on any atom is 0.410 e. The lowest BCUT2D eigenvalue weighted by Crippen LogP contribution is -2.54. The Morgan fingerprint density at radius 1 is 1.28 bits per heavy atom. The second kappa shape index (κ2) is 5.45. The van der Waals surface area contributed by atoms with Gasteiger partial charge in [0.05, 0.1) is 0 Å². The molecule has 5 heteroatoms. The number of piperazine rings is 1. The van der Waals surface area contributed by atoms with E-state index in [2.05, 4.69) is 10.2 Å². The number of hydrogen-bond donors (Lipinski definition) is 1. The lowest BCUT2D eigenvalue weighted by molar-refractivity contribution is 0.0224. The van der Waals surface area contributed by atoms with Crippen LogP contribution in [0.15, 0.2) is 0 Å². The predicted octanol–water partition coefficient (Wildman–Crippen LogP) is 0.901. The number of rotatable bonds is 0. The first-order valence-corrected chi connectivity index (χ1v) is 6.88. The largest absolute Gasteiger partial charge is 0.444 e. The maximum atomic E-state index is 12.1. The van der Waals surface area contributed by atoms with Crippen LogP contribution in [-0.2, 0) is 4.74 Å². The molecule has 0 bridgehead atoms. The summed E-state index contributed by atoms with van der Waals surface area (Å²) in [6, 6.07) is 0.439. The highest BCUT2D eigenvalue weighted by atomic mass is 16.6. The van der Waals surface area contributed by atoms with E-state index in [1.54, 1.807) is 0 Å². The van der Waals surface area contributed by atoms with E-state index >= 15 is 0 Å². The molecular weight excluding hydrogens is 230 g/mol. The second-order valence-electron chi connectivity index (χ2n) is 6.17. The molecule has 2 fully saturated rings. The molecule has 2 saturated heterocycles. The molecular formula is C13H25N3O2. The summed E-state index contributed by atoms with van der Waals surface area (Å²) >= 11 is 0. The van der Waals surface area contributed by atoms with Gasteiger partial charge in [0.25, 0.3) is 0 Å². The highest BCUT2D eigenvalue weighted by Gasteiger charge is 2.30. The number of ether oxygens (including phenoxy) is 1. The normalized spacial score (nSPS) is 26.4. The number of carbonyl (C=O) groups excluding carboxylic acids is 1. The molecule has 2 aliphatic rings. The van der Waals surface area contributed by atoms with Crippen LogP contribution in [0.3, 0.4) is 0 Å². The van der Waals surface area contributed by atoms with Gasteiger partial charge in [-0.3, -0.25) is 4.90 Å². The Morgan fingerprint density at radius 3 is 2.78 bits per heavy atom. The van der Waals surface area contributed by atoms with E-state index in [9.17, 15) is 4.79 Å². The Bertz CT molecular complexity index is 301. The molecule has 0 aromatic heterocycles. The molecule has 0 aromatic carbocycles. The van der Waals surface area contributed by atoms with Crippen molar-refractivity contribution in [3.63, 3.8) is 0 Å². The quantitative estimate of drug-likeness (QED) is 0.698. The monoisotopic (exact) mass is 255 g/mol. The fourth-order valence-electron chi connectivity index (χ4n) is 2.58. The van der Waals surface area contributed by atoms with Crippen LogP contribution >= 0.6 is 0 Å². The van der Waals surface area contributed by atoms with Crippen LogP contribution in [-0.4, -0.2) is 66.8 Å². The minimum Gasteiger partial charge on any atom is -0.444 e. The van der Waals surface area contributed by atoms with Crippen molar-refractivity contribution in [3.8, 4) is 0 Å². The van der Waals surface area contributed by atoms with Crippen LogP contribution in [0.2, 0.25) is 0 Å². The van der Waals surface area contributed by atoms with Gasteiger partial charge in [-0.05, 0) is 27.2 Å². The summed E-state index contributed by atoms with van der Waals surface area (Å²) in [6.45, 7) is 11.5. The minimum atomic E-state index is -0.409. The number of fused-ring (bicyclic) bond motifs is 1. The summed E-state index contributed by atoms with van der Waals surface area (Å²) in [5.74, 6) is 0. The van der Waals surface area contributed by atoms with Gasteiger partial charge in [-0.1, -0.05) is 0 Å². The standard InChI is InChI=1S/C13H25N3O2/c1-13(2,3)18-12(17)16-7-4-6-15-8-5-14-9-11(15)10-16/h11,14H,4-10H2,1-3H3. The number of nitrogens with zero attached hydrogens (tertiary/aromatic N) is 2. The Kier molecular flexibility index (Phi) is 4.12. The third kappa shape index (κ3) is 3.59. The van der Waals surface area contributed by atoms with Crippen LogP contribution in [0.1, 0.15) is 27.2 Å². The molecule has 0 radical (unpaired) electrons. The van der Waals surface area contributed by atoms with E-state index in [0.29, 0.717) is 6.04 Å². The lowest BCUT2D eigenvalue weighted by Gasteiger charge is -2.36. The first-order chi connectivity index (χ1) is 8.46. The van der Waals surface area contributed by atoms with Gasteiger partial charge >= 0.3 is 6.09 Å². The molecule has 104 valence electrons. The zero-order chi connectivity index (χ0) is 13.2. The van der Waals surface area contributed by atoms with Crippen molar-refractivity contribution in [1.82, 2.24) is 15.1 Å². The third-order valence-electron chi connectivity index (χ3n) is 3.43. The van der Waals surface area contributed by atoms with E-state index in [1.807, 2.05) is 25.7 Å². The van der Waals surface area contributed by atoms with E-state index in [-0.39, 0.29) is 6.09 Å². The van der Waals surface area contributed by atoms with Gasteiger partial charge < -0.3 is 15.0 Å². The molecule has 0 saturated carbocycles. The number of carbonyl (C=O) groups is 1. The zero-order valence-corrected chi connectivity index (χ0v) is 11.7. The van der Waals surface area contributed by atoms with Gasteiger partial charge in [-0.15, -0.1) is 0 Å². The fourth-order valence-corrected chi connectivity index (χ4v) is 2.58. The molecule has 1 N–H and O–H groups in total. The van der Waals surface area contributed by atoms with Crippen molar-refractivity contribution in [2.24, 2.45) is 0 Å². The Morgan fingerprint density at radius 2 is 2.06 bits per heavy atom. The second-order valence-corrected chi connectivity index (χ2v) is 6.17. The average Bonchev–Trinajstić information content (AvgIpc) is 2.48. The summed E-state index contributed by atoms with van der Waals surface area (Å²) in [5, 5.41) is 3.40. The number of amides is 1. The highest BCUT2D eigenvalue weighted by molar-refractivity contribution is 5.68. The lowest BCUT2D eigenvalue weighted by atomic mass is 10.2. The van der Waals surface area contributed by atoms with E-state index in [0.717, 1.165) is 45.7 Å². The third-order valence-corrected chi connectivity index (χ3v) is 3.43. The van der Waals surface area contributed by atoms with E-state index in [4.69, 9.17) is 4.74 Å². The van der Waals surface area contributed by atoms with Crippen LogP contribution < -0.4 is 5.32 Å². The average molecular weight is 255 g/mol. The van der Waals surface area contributed by atoms with Crippen LogP contribution in [0, 0.1) is 0 Å². The predicted molar refractivity (Wildman–Crippen MR) is 70.7 cm³/mol. The van der Waals surface area contributed by atoms with Gasteiger partial charge in [-0.2, -0.15) is 0 Å². The molecule has 5 nitrogen and oxygen atoms in total. The summed E-state index contributed by atoms with van der Waals surface area (Å²) < 4.78 is 5.46. The van der Waals surface area contributed by atoms with Gasteiger partial charge in [0, 0.05) is 45.3 Å². The molecule has 18 heavy (non-hydrogen) atoms. The van der Waals surface area contributed by atoms with Crippen molar-refractivity contribution < 1.29 is 9.53 Å². The number of nitrogens with one attached hydrogen (secondary N) is 1. The minimum absolute atomic E-state index is 0.171. The smallest absolute Gasteiger partial charge is 0.410 e. The molecule has 1 amide bonds. The van der Waals surface area contributed by atoms with Crippen molar-refractivity contribution in [2.75, 3.05) is 39.3 Å². The topological polar surface area (TPSA) is 44.8 Å². The Hall–Kier alpha value is -0.810. The molecule has 0 aliphatic carbocycles.